The Balaban J connectivity index is 1.61. The standard InChI is InChI=1S/C20H26N4O2S/c1-22-13-4-6-14(7-5-13)26-19-18-17-12(9-15(10-21)25-2)3-8-16(17)27-20(18)24-11-23-19/h11-15,22H,3-9H2,1-2H3/t12-,13-,14-,15+/m1/s1. The molecule has 1 fully saturated rings. The second-order valence-corrected chi connectivity index (χ2v) is 8.59. The lowest BCUT2D eigenvalue weighted by Crippen LogP contribution is -2.34. The molecule has 0 unspecified atom stereocenters. The second kappa shape index (κ2) is 8.09. The molecule has 1 saturated carbocycles. The zero-order valence-corrected chi connectivity index (χ0v) is 16.7. The number of rotatable bonds is 6. The molecule has 2 aromatic rings. The van der Waals surface area contributed by atoms with Gasteiger partial charge in [0.15, 0.2) is 0 Å². The molecule has 0 aliphatic heterocycles. The molecule has 1 N–H and O–H groups in total. The molecule has 144 valence electrons. The zero-order chi connectivity index (χ0) is 18.8. The molecular formula is C20H26N4O2S. The number of aryl methyl sites for hydroxylation is 1. The minimum Gasteiger partial charge on any atom is -0.474 e. The Hall–Kier alpha value is -1.75. The summed E-state index contributed by atoms with van der Waals surface area (Å²) in [5.74, 6) is 1.04. The van der Waals surface area contributed by atoms with Crippen molar-refractivity contribution in [1.82, 2.24) is 15.3 Å². The molecule has 2 aliphatic carbocycles. The number of aromatic nitrogens is 2. The Morgan fingerprint density at radius 1 is 1.30 bits per heavy atom. The van der Waals surface area contributed by atoms with E-state index >= 15 is 0 Å². The number of fused-ring (bicyclic) bond motifs is 3. The Morgan fingerprint density at radius 3 is 2.81 bits per heavy atom. The van der Waals surface area contributed by atoms with Gasteiger partial charge in [-0.2, -0.15) is 5.26 Å². The average molecular weight is 387 g/mol. The average Bonchev–Trinajstić information content (AvgIpc) is 3.26. The molecule has 0 aromatic carbocycles. The zero-order valence-electron chi connectivity index (χ0n) is 15.9. The van der Waals surface area contributed by atoms with E-state index in [4.69, 9.17) is 9.47 Å². The van der Waals surface area contributed by atoms with Gasteiger partial charge in [-0.15, -0.1) is 11.3 Å². The first-order valence-electron chi connectivity index (χ1n) is 9.76. The number of methoxy groups -OCH3 is 1. The minimum atomic E-state index is -0.373. The van der Waals surface area contributed by atoms with Crippen molar-refractivity contribution in [2.24, 2.45) is 0 Å². The van der Waals surface area contributed by atoms with E-state index in [2.05, 4.69) is 21.4 Å². The first kappa shape index (κ1) is 18.6. The highest BCUT2D eigenvalue weighted by Crippen LogP contribution is 2.47. The van der Waals surface area contributed by atoms with Crippen molar-refractivity contribution >= 4 is 21.6 Å². The van der Waals surface area contributed by atoms with Crippen LogP contribution in [0.2, 0.25) is 0 Å². The molecule has 2 aliphatic rings. The van der Waals surface area contributed by atoms with Gasteiger partial charge in [0.2, 0.25) is 5.88 Å². The summed E-state index contributed by atoms with van der Waals surface area (Å²) in [5, 5.41) is 13.7. The summed E-state index contributed by atoms with van der Waals surface area (Å²) in [5.41, 5.74) is 1.30. The highest BCUT2D eigenvalue weighted by atomic mass is 32.1. The topological polar surface area (TPSA) is 80.1 Å². The van der Waals surface area contributed by atoms with Crippen LogP contribution in [0.3, 0.4) is 0 Å². The summed E-state index contributed by atoms with van der Waals surface area (Å²) in [6.45, 7) is 0. The van der Waals surface area contributed by atoms with E-state index in [1.807, 2.05) is 7.05 Å². The van der Waals surface area contributed by atoms with Crippen molar-refractivity contribution < 1.29 is 9.47 Å². The molecule has 7 heteroatoms. The monoisotopic (exact) mass is 386 g/mol. The fraction of sp³-hybridized carbons (Fsp3) is 0.650. The number of nitriles is 1. The molecule has 0 spiro atoms. The van der Waals surface area contributed by atoms with Gasteiger partial charge in [0, 0.05) is 18.0 Å². The van der Waals surface area contributed by atoms with E-state index in [0.29, 0.717) is 18.4 Å². The Kier molecular flexibility index (Phi) is 5.58. The lowest BCUT2D eigenvalue weighted by molar-refractivity contribution is 0.132. The van der Waals surface area contributed by atoms with Gasteiger partial charge in [-0.3, -0.25) is 0 Å². The third kappa shape index (κ3) is 3.66. The van der Waals surface area contributed by atoms with Crippen LogP contribution in [-0.4, -0.2) is 42.4 Å². The highest BCUT2D eigenvalue weighted by molar-refractivity contribution is 7.19. The summed E-state index contributed by atoms with van der Waals surface area (Å²) >= 11 is 1.75. The predicted octanol–water partition coefficient (Wildman–Crippen LogP) is 3.56. The molecule has 4 rings (SSSR count). The molecule has 6 nitrogen and oxygen atoms in total. The van der Waals surface area contributed by atoms with Crippen LogP contribution in [0.25, 0.3) is 10.2 Å². The summed E-state index contributed by atoms with van der Waals surface area (Å²) in [4.78, 5) is 11.4. The predicted molar refractivity (Wildman–Crippen MR) is 105 cm³/mol. The minimum absolute atomic E-state index is 0.217. The molecule has 0 bridgehead atoms. The first-order chi connectivity index (χ1) is 13.2. The number of hydrogen-bond donors (Lipinski definition) is 1. The van der Waals surface area contributed by atoms with Gasteiger partial charge in [-0.05, 0) is 63.5 Å². The van der Waals surface area contributed by atoms with Gasteiger partial charge in [0.25, 0.3) is 0 Å². The van der Waals surface area contributed by atoms with E-state index in [-0.39, 0.29) is 12.2 Å². The lowest BCUT2D eigenvalue weighted by atomic mass is 9.93. The largest absolute Gasteiger partial charge is 0.474 e. The van der Waals surface area contributed by atoms with Gasteiger partial charge in [-0.1, -0.05) is 0 Å². The summed E-state index contributed by atoms with van der Waals surface area (Å²) in [6, 6.07) is 2.85. The second-order valence-electron chi connectivity index (χ2n) is 7.50. The van der Waals surface area contributed by atoms with Crippen LogP contribution >= 0.6 is 11.3 Å². The van der Waals surface area contributed by atoms with Crippen molar-refractivity contribution in [1.29, 1.82) is 5.26 Å². The van der Waals surface area contributed by atoms with Crippen LogP contribution < -0.4 is 10.1 Å². The van der Waals surface area contributed by atoms with Crippen LogP contribution in [0.15, 0.2) is 6.33 Å². The Bertz CT molecular complexity index is 838. The molecule has 2 atom stereocenters. The summed E-state index contributed by atoms with van der Waals surface area (Å²) < 4.78 is 11.7. The molecule has 2 aromatic heterocycles. The van der Waals surface area contributed by atoms with E-state index < -0.39 is 0 Å². The van der Waals surface area contributed by atoms with Gasteiger partial charge in [0.1, 0.15) is 23.4 Å². The van der Waals surface area contributed by atoms with E-state index in [0.717, 1.165) is 54.6 Å². The van der Waals surface area contributed by atoms with Crippen LogP contribution in [0.1, 0.15) is 54.9 Å². The normalized spacial score (nSPS) is 25.9. The van der Waals surface area contributed by atoms with Gasteiger partial charge < -0.3 is 14.8 Å². The van der Waals surface area contributed by atoms with Crippen LogP contribution in [0, 0.1) is 11.3 Å². The fourth-order valence-corrected chi connectivity index (χ4v) is 5.68. The lowest BCUT2D eigenvalue weighted by Gasteiger charge is -2.28. The van der Waals surface area contributed by atoms with Gasteiger partial charge >= 0.3 is 0 Å². The maximum Gasteiger partial charge on any atom is 0.225 e. The molecule has 0 radical (unpaired) electrons. The van der Waals surface area contributed by atoms with Crippen molar-refractivity contribution in [3.8, 4) is 11.9 Å². The number of nitrogens with one attached hydrogen (secondary N) is 1. The maximum atomic E-state index is 9.28. The smallest absolute Gasteiger partial charge is 0.225 e. The number of thiophene rings is 1. The fourth-order valence-electron chi connectivity index (χ4n) is 4.45. The van der Waals surface area contributed by atoms with Gasteiger partial charge in [0.05, 0.1) is 11.5 Å². The molecule has 0 saturated heterocycles. The van der Waals surface area contributed by atoms with Crippen molar-refractivity contribution in [3.05, 3.63) is 16.8 Å². The van der Waals surface area contributed by atoms with Crippen molar-refractivity contribution in [3.63, 3.8) is 0 Å². The third-order valence-electron chi connectivity index (χ3n) is 5.98. The number of hydrogen-bond acceptors (Lipinski definition) is 7. The molecule has 0 amide bonds. The highest BCUT2D eigenvalue weighted by Gasteiger charge is 2.32. The molecule has 27 heavy (non-hydrogen) atoms. The van der Waals surface area contributed by atoms with Crippen LogP contribution in [0.4, 0.5) is 0 Å². The van der Waals surface area contributed by atoms with Crippen LogP contribution in [-0.2, 0) is 11.2 Å². The molecule has 2 heterocycles. The Labute approximate surface area is 163 Å². The quantitative estimate of drug-likeness (QED) is 0.818. The van der Waals surface area contributed by atoms with Gasteiger partial charge in [-0.25, -0.2) is 9.97 Å². The number of ether oxygens (including phenoxy) is 2. The summed E-state index contributed by atoms with van der Waals surface area (Å²) in [6.07, 6.45) is 8.64. The van der Waals surface area contributed by atoms with E-state index in [9.17, 15) is 5.26 Å². The van der Waals surface area contributed by atoms with Crippen molar-refractivity contribution in [2.45, 2.75) is 69.1 Å². The maximum absolute atomic E-state index is 9.28. The van der Waals surface area contributed by atoms with E-state index in [1.54, 1.807) is 24.8 Å². The SMILES string of the molecule is CN[C@H]1CC[C@H](Oc2ncnc3sc4c(c23)[C@@H](C[C@@H](C#N)OC)CC4)CC1. The van der Waals surface area contributed by atoms with Crippen LogP contribution in [0.5, 0.6) is 5.88 Å². The number of nitrogens with zero attached hydrogens (tertiary/aromatic N) is 3. The van der Waals surface area contributed by atoms with E-state index in [1.165, 1.54) is 10.4 Å². The van der Waals surface area contributed by atoms with Crippen molar-refractivity contribution in [2.75, 3.05) is 14.2 Å². The summed E-state index contributed by atoms with van der Waals surface area (Å²) in [7, 11) is 3.64. The third-order valence-corrected chi connectivity index (χ3v) is 7.16. The Morgan fingerprint density at radius 2 is 2.11 bits per heavy atom. The first-order valence-corrected chi connectivity index (χ1v) is 10.6. The molecular weight excluding hydrogens is 360 g/mol.